The molecule has 1 amide bonds. The van der Waals surface area contributed by atoms with E-state index in [1.165, 1.54) is 18.7 Å². The van der Waals surface area contributed by atoms with Gasteiger partial charge in [0.05, 0.1) is 32.2 Å². The molecule has 12 nitrogen and oxygen atoms in total. The van der Waals surface area contributed by atoms with Crippen molar-refractivity contribution < 1.29 is 47.7 Å². The van der Waals surface area contributed by atoms with Crippen LogP contribution in [-0.2, 0) is 49.3 Å². The second kappa shape index (κ2) is 19.7. The molecule has 53 heavy (non-hydrogen) atoms. The number of esters is 3. The Kier molecular flexibility index (Phi) is 15.7. The summed E-state index contributed by atoms with van der Waals surface area (Å²) in [7, 11) is 1.59. The molecule has 0 radical (unpaired) electrons. The molecule has 1 heterocycles. The molecule has 0 bridgehead atoms. The number of hydrogen-bond acceptors (Lipinski definition) is 11. The van der Waals surface area contributed by atoms with Crippen molar-refractivity contribution in [2.45, 2.75) is 84.5 Å². The number of morpholine rings is 1. The summed E-state index contributed by atoms with van der Waals surface area (Å²) in [4.78, 5) is 65.5. The van der Waals surface area contributed by atoms with E-state index in [2.05, 4.69) is 6.58 Å². The molecule has 1 fully saturated rings. The molecule has 3 rings (SSSR count). The van der Waals surface area contributed by atoms with Crippen LogP contribution in [0.3, 0.4) is 0 Å². The van der Waals surface area contributed by atoms with E-state index in [4.69, 9.17) is 29.1 Å². The van der Waals surface area contributed by atoms with Crippen LogP contribution in [0.1, 0.15) is 83.1 Å². The fourth-order valence-corrected chi connectivity index (χ4v) is 5.39. The van der Waals surface area contributed by atoms with Crippen LogP contribution in [0.25, 0.3) is 6.08 Å². The van der Waals surface area contributed by atoms with Gasteiger partial charge >= 0.3 is 17.9 Å². The van der Waals surface area contributed by atoms with Gasteiger partial charge in [0.15, 0.2) is 6.04 Å². The van der Waals surface area contributed by atoms with E-state index in [-0.39, 0.29) is 38.8 Å². The monoisotopic (exact) mass is 732 g/mol. The van der Waals surface area contributed by atoms with Gasteiger partial charge in [0.1, 0.15) is 24.1 Å². The number of Topliss-reactive ketones (excluding diaryl/α,β-unsaturated/α-hetero) is 1. The van der Waals surface area contributed by atoms with Crippen molar-refractivity contribution in [3.05, 3.63) is 84.0 Å². The first-order chi connectivity index (χ1) is 25.0. The molecule has 286 valence electrons. The standard InChI is InChI=1S/C41H52N2O10/c1-8-35(44)51-27-41(5,6)37(46)38(47)43-23-24-50-26-33(43)39(48)52-34(21-17-28-15-19-32(49-7)20-16-28)30-13-9-11-29(25-30)12-10-14-31(42)18-22-36(45)53-40(2,3)4/h8-13,15-16,19-20,25,33-34,42H,1,14,17-18,21-24,26-27H2,2-7H3/b12-10+,42-31?/t33-,34+/m0/s1. The van der Waals surface area contributed by atoms with Gasteiger partial charge in [0, 0.05) is 24.8 Å². The number of methoxy groups -OCH3 is 1. The first-order valence-corrected chi connectivity index (χ1v) is 17.6. The highest BCUT2D eigenvalue weighted by molar-refractivity contribution is 6.38. The number of benzene rings is 2. The van der Waals surface area contributed by atoms with Crippen molar-refractivity contribution in [2.24, 2.45) is 5.41 Å². The Bertz CT molecular complexity index is 1660. The summed E-state index contributed by atoms with van der Waals surface area (Å²) in [6, 6.07) is 13.9. The molecule has 0 unspecified atom stereocenters. The number of rotatable bonds is 18. The number of aryl methyl sites for hydroxylation is 1. The van der Waals surface area contributed by atoms with E-state index in [1.54, 1.807) is 27.9 Å². The number of ketones is 1. The highest BCUT2D eigenvalue weighted by Crippen LogP contribution is 2.28. The number of allylic oxidation sites excluding steroid dienone is 1. The largest absolute Gasteiger partial charge is 0.497 e. The van der Waals surface area contributed by atoms with Crippen molar-refractivity contribution in [3.8, 4) is 5.75 Å². The van der Waals surface area contributed by atoms with Crippen LogP contribution < -0.4 is 4.74 Å². The van der Waals surface area contributed by atoms with Gasteiger partial charge in [0.2, 0.25) is 5.78 Å². The average Bonchev–Trinajstić information content (AvgIpc) is 3.13. The van der Waals surface area contributed by atoms with E-state index in [1.807, 2.05) is 60.7 Å². The topological polar surface area (TPSA) is 159 Å². The minimum Gasteiger partial charge on any atom is -0.497 e. The number of nitrogens with one attached hydrogen (secondary N) is 1. The van der Waals surface area contributed by atoms with Crippen molar-refractivity contribution in [1.82, 2.24) is 4.90 Å². The van der Waals surface area contributed by atoms with E-state index in [0.717, 1.165) is 17.2 Å². The molecule has 0 aliphatic carbocycles. The number of ether oxygens (including phenoxy) is 5. The lowest BCUT2D eigenvalue weighted by molar-refractivity contribution is -0.170. The summed E-state index contributed by atoms with van der Waals surface area (Å²) >= 11 is 0. The third-order valence-electron chi connectivity index (χ3n) is 8.33. The SMILES string of the molecule is C=CC(=O)OCC(C)(C)C(=O)C(=O)N1CCOC[C@H]1C(=O)O[C@H](CCc1ccc(OC)cc1)c1cccc(/C=C/CC(=N)CCC(=O)OC(C)(C)C)c1. The van der Waals surface area contributed by atoms with Gasteiger partial charge in [-0.2, -0.15) is 0 Å². The molecule has 1 aliphatic heterocycles. The van der Waals surface area contributed by atoms with Crippen LogP contribution in [0.4, 0.5) is 0 Å². The smallest absolute Gasteiger partial charge is 0.331 e. The highest BCUT2D eigenvalue weighted by Gasteiger charge is 2.43. The lowest BCUT2D eigenvalue weighted by Gasteiger charge is -2.36. The van der Waals surface area contributed by atoms with Crippen LogP contribution in [0, 0.1) is 10.8 Å². The molecule has 12 heteroatoms. The average molecular weight is 733 g/mol. The number of carbonyl (C=O) groups excluding carboxylic acids is 5. The second-order valence-corrected chi connectivity index (χ2v) is 14.4. The molecule has 0 aromatic heterocycles. The van der Waals surface area contributed by atoms with Crippen LogP contribution in [0.15, 0.2) is 67.3 Å². The van der Waals surface area contributed by atoms with Crippen LogP contribution in [0.2, 0.25) is 0 Å². The van der Waals surface area contributed by atoms with E-state index in [9.17, 15) is 24.0 Å². The van der Waals surface area contributed by atoms with Crippen molar-refractivity contribution >= 4 is 41.4 Å². The van der Waals surface area contributed by atoms with Crippen LogP contribution in [-0.4, -0.2) is 85.3 Å². The van der Waals surface area contributed by atoms with E-state index in [0.29, 0.717) is 42.7 Å². The molecular formula is C41H52N2O10. The molecule has 0 spiro atoms. The number of carbonyl (C=O) groups is 5. The third kappa shape index (κ3) is 13.8. The number of hydrogen-bond donors (Lipinski definition) is 1. The molecule has 2 atom stereocenters. The Morgan fingerprint density at radius 3 is 2.42 bits per heavy atom. The van der Waals surface area contributed by atoms with E-state index >= 15 is 0 Å². The van der Waals surface area contributed by atoms with Gasteiger partial charge in [-0.15, -0.1) is 0 Å². The Hall–Kier alpha value is -5.10. The number of amides is 1. The summed E-state index contributed by atoms with van der Waals surface area (Å²) in [5, 5.41) is 8.27. The zero-order valence-corrected chi connectivity index (χ0v) is 31.6. The summed E-state index contributed by atoms with van der Waals surface area (Å²) in [6.07, 6.45) is 5.68. The van der Waals surface area contributed by atoms with Crippen LogP contribution in [0.5, 0.6) is 5.75 Å². The van der Waals surface area contributed by atoms with Gasteiger partial charge in [-0.25, -0.2) is 9.59 Å². The Labute approximate surface area is 312 Å². The second-order valence-electron chi connectivity index (χ2n) is 14.4. The van der Waals surface area contributed by atoms with Gasteiger partial charge < -0.3 is 34.0 Å². The first kappa shape index (κ1) is 42.3. The van der Waals surface area contributed by atoms with Gasteiger partial charge in [0.25, 0.3) is 5.91 Å². The molecule has 0 saturated carbocycles. The number of nitrogens with zero attached hydrogens (tertiary/aromatic N) is 1. The maximum absolute atomic E-state index is 13.9. The molecule has 1 N–H and O–H groups in total. The Balaban J connectivity index is 1.78. The lowest BCUT2D eigenvalue weighted by atomic mass is 9.88. The molecular weight excluding hydrogens is 680 g/mol. The zero-order valence-electron chi connectivity index (χ0n) is 31.6. The van der Waals surface area contributed by atoms with E-state index < -0.39 is 46.8 Å². The molecule has 1 saturated heterocycles. The van der Waals surface area contributed by atoms with Crippen LogP contribution >= 0.6 is 0 Å². The van der Waals surface area contributed by atoms with Crippen molar-refractivity contribution in [1.29, 1.82) is 5.41 Å². The maximum atomic E-state index is 13.9. The molecule has 2 aromatic rings. The van der Waals surface area contributed by atoms with Crippen molar-refractivity contribution in [3.63, 3.8) is 0 Å². The lowest BCUT2D eigenvalue weighted by Crippen LogP contribution is -2.57. The molecule has 1 aliphatic rings. The summed E-state index contributed by atoms with van der Waals surface area (Å²) in [6.45, 7) is 11.4. The Morgan fingerprint density at radius 2 is 1.75 bits per heavy atom. The summed E-state index contributed by atoms with van der Waals surface area (Å²) < 4.78 is 27.4. The van der Waals surface area contributed by atoms with Gasteiger partial charge in [-0.1, -0.05) is 49.1 Å². The predicted molar refractivity (Wildman–Crippen MR) is 199 cm³/mol. The van der Waals surface area contributed by atoms with Crippen molar-refractivity contribution in [2.75, 3.05) is 33.5 Å². The molecule has 2 aromatic carbocycles. The fourth-order valence-electron chi connectivity index (χ4n) is 5.39. The fraction of sp³-hybridized carbons (Fsp3) is 0.463. The van der Waals surface area contributed by atoms with Gasteiger partial charge in [-0.3, -0.25) is 14.4 Å². The summed E-state index contributed by atoms with van der Waals surface area (Å²) in [5.41, 5.74) is 0.986. The minimum absolute atomic E-state index is 0.00353. The maximum Gasteiger partial charge on any atom is 0.331 e. The Morgan fingerprint density at radius 1 is 1.04 bits per heavy atom. The first-order valence-electron chi connectivity index (χ1n) is 17.6. The minimum atomic E-state index is -1.35. The zero-order chi connectivity index (χ0) is 39.2. The normalized spacial score (nSPS) is 15.3. The predicted octanol–water partition coefficient (Wildman–Crippen LogP) is 6.01. The summed E-state index contributed by atoms with van der Waals surface area (Å²) in [5.74, 6) is -2.78. The van der Waals surface area contributed by atoms with Gasteiger partial charge in [-0.05, 0) is 88.8 Å². The third-order valence-corrected chi connectivity index (χ3v) is 8.33. The highest BCUT2D eigenvalue weighted by atomic mass is 16.6. The quantitative estimate of drug-likeness (QED) is 0.0633.